The normalized spacial score (nSPS) is 25.7. The van der Waals surface area contributed by atoms with Crippen LogP contribution in [0.25, 0.3) is 0 Å². The van der Waals surface area contributed by atoms with Gasteiger partial charge in [0, 0.05) is 18.3 Å². The first-order valence-corrected chi connectivity index (χ1v) is 11.0. The van der Waals surface area contributed by atoms with E-state index in [0.717, 1.165) is 11.3 Å². The molecule has 2 atom stereocenters. The lowest BCUT2D eigenvalue weighted by Crippen LogP contribution is -2.61. The third kappa shape index (κ3) is 3.02. The minimum Gasteiger partial charge on any atom is -0.454 e. The highest BCUT2D eigenvalue weighted by molar-refractivity contribution is 7.91. The topological polar surface area (TPSA) is 76.1 Å². The molecule has 2 saturated heterocycles. The maximum absolute atomic E-state index is 13.0. The second-order valence-electron chi connectivity index (χ2n) is 7.40. The Morgan fingerprint density at radius 1 is 0.964 bits per heavy atom. The summed E-state index contributed by atoms with van der Waals surface area (Å²) in [5.74, 6) is 1.37. The molecule has 8 heteroatoms. The SMILES string of the molecule is O=C1CN(Cc2ccc3c(c2)OCO3)[C@H]2CS(=O)(=O)C[C@@H]2N1c1ccccc1. The summed E-state index contributed by atoms with van der Waals surface area (Å²) < 4.78 is 35.6. The van der Waals surface area contributed by atoms with Gasteiger partial charge in [0.25, 0.3) is 0 Å². The zero-order valence-electron chi connectivity index (χ0n) is 15.2. The minimum absolute atomic E-state index is 0.00403. The Morgan fingerprint density at radius 2 is 1.71 bits per heavy atom. The Morgan fingerprint density at radius 3 is 2.54 bits per heavy atom. The lowest BCUT2D eigenvalue weighted by molar-refractivity contribution is -0.123. The molecule has 3 aliphatic heterocycles. The molecule has 2 aromatic carbocycles. The predicted octanol–water partition coefficient (Wildman–Crippen LogP) is 1.43. The Bertz CT molecular complexity index is 1020. The number of ether oxygens (including phenoxy) is 2. The highest BCUT2D eigenvalue weighted by atomic mass is 32.2. The molecular weight excluding hydrogens is 380 g/mol. The van der Waals surface area contributed by atoms with Gasteiger partial charge in [0.15, 0.2) is 21.3 Å². The van der Waals surface area contributed by atoms with E-state index in [1.165, 1.54) is 0 Å². The second-order valence-corrected chi connectivity index (χ2v) is 9.56. The number of carbonyl (C=O) groups is 1. The van der Waals surface area contributed by atoms with E-state index in [-0.39, 0.29) is 42.8 Å². The largest absolute Gasteiger partial charge is 0.454 e. The van der Waals surface area contributed by atoms with E-state index >= 15 is 0 Å². The summed E-state index contributed by atoms with van der Waals surface area (Å²) >= 11 is 0. The molecule has 28 heavy (non-hydrogen) atoms. The fraction of sp³-hybridized carbons (Fsp3) is 0.350. The van der Waals surface area contributed by atoms with E-state index < -0.39 is 9.84 Å². The number of carbonyl (C=O) groups excluding carboxylic acids is 1. The molecule has 2 aromatic rings. The number of para-hydroxylation sites is 1. The van der Waals surface area contributed by atoms with Crippen LogP contribution in [-0.4, -0.2) is 56.2 Å². The minimum atomic E-state index is -3.21. The molecule has 2 fully saturated rings. The van der Waals surface area contributed by atoms with Gasteiger partial charge in [-0.3, -0.25) is 9.69 Å². The van der Waals surface area contributed by atoms with E-state index in [9.17, 15) is 13.2 Å². The van der Waals surface area contributed by atoms with Crippen molar-refractivity contribution in [2.45, 2.75) is 18.6 Å². The molecule has 0 aliphatic carbocycles. The van der Waals surface area contributed by atoms with Gasteiger partial charge in [-0.05, 0) is 29.8 Å². The average molecular weight is 400 g/mol. The van der Waals surface area contributed by atoms with Gasteiger partial charge in [-0.2, -0.15) is 0 Å². The van der Waals surface area contributed by atoms with E-state index in [0.29, 0.717) is 18.0 Å². The lowest BCUT2D eigenvalue weighted by atomic mass is 10.0. The van der Waals surface area contributed by atoms with Crippen molar-refractivity contribution in [1.82, 2.24) is 4.90 Å². The lowest BCUT2D eigenvalue weighted by Gasteiger charge is -2.43. The molecule has 1 amide bonds. The number of rotatable bonds is 3. The maximum Gasteiger partial charge on any atom is 0.241 e. The zero-order valence-corrected chi connectivity index (χ0v) is 16.0. The molecule has 0 bridgehead atoms. The fourth-order valence-corrected chi connectivity index (χ4v) is 6.31. The first-order chi connectivity index (χ1) is 13.5. The zero-order chi connectivity index (χ0) is 19.3. The van der Waals surface area contributed by atoms with E-state index in [4.69, 9.17) is 9.47 Å². The van der Waals surface area contributed by atoms with Crippen molar-refractivity contribution in [2.75, 3.05) is 29.7 Å². The third-order valence-electron chi connectivity index (χ3n) is 5.56. The molecule has 0 saturated carbocycles. The number of amides is 1. The Labute approximate surface area is 163 Å². The van der Waals surface area contributed by atoms with Crippen LogP contribution in [0.3, 0.4) is 0 Å². The van der Waals surface area contributed by atoms with Crippen LogP contribution >= 0.6 is 0 Å². The summed E-state index contributed by atoms with van der Waals surface area (Å²) in [7, 11) is -3.21. The third-order valence-corrected chi connectivity index (χ3v) is 7.26. The predicted molar refractivity (Wildman–Crippen MR) is 103 cm³/mol. The molecule has 5 rings (SSSR count). The number of sulfone groups is 1. The van der Waals surface area contributed by atoms with Crippen LogP contribution in [0.2, 0.25) is 0 Å². The monoisotopic (exact) mass is 400 g/mol. The first kappa shape index (κ1) is 17.5. The summed E-state index contributed by atoms with van der Waals surface area (Å²) in [6.45, 7) is 0.873. The van der Waals surface area contributed by atoms with Crippen LogP contribution < -0.4 is 14.4 Å². The molecule has 0 unspecified atom stereocenters. The van der Waals surface area contributed by atoms with Gasteiger partial charge in [-0.1, -0.05) is 24.3 Å². The van der Waals surface area contributed by atoms with Crippen LogP contribution in [0.1, 0.15) is 5.56 Å². The molecule has 0 aromatic heterocycles. The van der Waals surface area contributed by atoms with E-state index in [2.05, 4.69) is 0 Å². The first-order valence-electron chi connectivity index (χ1n) is 9.20. The Hall–Kier alpha value is -2.58. The maximum atomic E-state index is 13.0. The number of nitrogens with zero attached hydrogens (tertiary/aromatic N) is 2. The molecule has 146 valence electrons. The molecule has 7 nitrogen and oxygen atoms in total. The van der Waals surface area contributed by atoms with E-state index in [1.807, 2.05) is 53.4 Å². The smallest absolute Gasteiger partial charge is 0.241 e. The number of fused-ring (bicyclic) bond motifs is 2. The summed E-state index contributed by atoms with van der Waals surface area (Å²) in [5.41, 5.74) is 1.72. The number of anilines is 1. The standard InChI is InChI=1S/C20H20N2O5S/c23-20-10-21(9-14-6-7-18-19(8-14)27-13-26-18)16-11-28(24,25)12-17(16)22(20)15-4-2-1-3-5-15/h1-8,16-17H,9-13H2/t16-,17-/m0/s1. The van der Waals surface area contributed by atoms with Gasteiger partial charge in [-0.25, -0.2) is 8.42 Å². The van der Waals surface area contributed by atoms with Crippen molar-refractivity contribution in [3.05, 3.63) is 54.1 Å². The van der Waals surface area contributed by atoms with Crippen LogP contribution in [0, 0.1) is 0 Å². The molecule has 0 spiro atoms. The summed E-state index contributed by atoms with van der Waals surface area (Å²) in [6.07, 6.45) is 0. The number of benzene rings is 2. The highest BCUT2D eigenvalue weighted by Crippen LogP contribution is 2.35. The van der Waals surface area contributed by atoms with Crippen LogP contribution in [0.5, 0.6) is 11.5 Å². The van der Waals surface area contributed by atoms with E-state index in [1.54, 1.807) is 4.90 Å². The Kier molecular flexibility index (Phi) is 4.06. The number of hydrogen-bond donors (Lipinski definition) is 0. The van der Waals surface area contributed by atoms with Crippen molar-refractivity contribution in [3.63, 3.8) is 0 Å². The van der Waals surface area contributed by atoms with Crippen LogP contribution in [-0.2, 0) is 21.2 Å². The fourth-order valence-electron chi connectivity index (χ4n) is 4.33. The molecule has 0 radical (unpaired) electrons. The van der Waals surface area contributed by atoms with Crippen molar-refractivity contribution in [2.24, 2.45) is 0 Å². The summed E-state index contributed by atoms with van der Waals surface area (Å²) in [4.78, 5) is 16.6. The van der Waals surface area contributed by atoms with Gasteiger partial charge in [0.2, 0.25) is 12.7 Å². The molecule has 3 aliphatic rings. The van der Waals surface area contributed by atoms with Gasteiger partial charge in [-0.15, -0.1) is 0 Å². The quantitative estimate of drug-likeness (QED) is 0.776. The molecule has 3 heterocycles. The number of piperazine rings is 1. The van der Waals surface area contributed by atoms with Gasteiger partial charge in [0.1, 0.15) is 0 Å². The molecular formula is C20H20N2O5S. The van der Waals surface area contributed by atoms with Crippen LogP contribution in [0.15, 0.2) is 48.5 Å². The highest BCUT2D eigenvalue weighted by Gasteiger charge is 2.49. The average Bonchev–Trinajstić information content (AvgIpc) is 3.25. The Balaban J connectivity index is 1.45. The number of hydrogen-bond acceptors (Lipinski definition) is 6. The van der Waals surface area contributed by atoms with Gasteiger partial charge >= 0.3 is 0 Å². The van der Waals surface area contributed by atoms with Gasteiger partial charge < -0.3 is 14.4 Å². The van der Waals surface area contributed by atoms with Crippen LogP contribution in [0.4, 0.5) is 5.69 Å². The van der Waals surface area contributed by atoms with Gasteiger partial charge in [0.05, 0.1) is 24.1 Å². The summed E-state index contributed by atoms with van der Waals surface area (Å²) in [5, 5.41) is 0. The molecule has 0 N–H and O–H groups in total. The van der Waals surface area contributed by atoms with Crippen molar-refractivity contribution in [1.29, 1.82) is 0 Å². The van der Waals surface area contributed by atoms with Crippen molar-refractivity contribution in [3.8, 4) is 11.5 Å². The summed E-state index contributed by atoms with van der Waals surface area (Å²) in [6, 6.07) is 14.4. The van der Waals surface area contributed by atoms with Crippen molar-refractivity contribution >= 4 is 21.4 Å². The van der Waals surface area contributed by atoms with Crippen molar-refractivity contribution < 1.29 is 22.7 Å². The second kappa shape index (κ2) is 6.49.